The molecule has 1 rings (SSSR count). The fraction of sp³-hybridized carbons (Fsp3) is 0. The predicted molar refractivity (Wildman–Crippen MR) is 45.1 cm³/mol. The third-order valence-electron chi connectivity index (χ3n) is 1.53. The van der Waals surface area contributed by atoms with Crippen LogP contribution >= 0.6 is 0 Å². The normalized spacial score (nSPS) is 9.07. The van der Waals surface area contributed by atoms with Crippen LogP contribution in [-0.2, 0) is 0 Å². The Kier molecular flexibility index (Phi) is 2.44. The number of hydrogen-bond donors (Lipinski definition) is 2. The van der Waals surface area contributed by atoms with Crippen LogP contribution in [0.4, 0.5) is 5.69 Å². The number of nitrogens with zero attached hydrogens (tertiary/aromatic N) is 2. The lowest BCUT2D eigenvalue weighted by atomic mass is 10.1. The predicted octanol–water partition coefficient (Wildman–Crippen LogP) is 1.57. The summed E-state index contributed by atoms with van der Waals surface area (Å²) in [5.41, 5.74) is -0.585. The molecule has 0 aliphatic heterocycles. The van der Waals surface area contributed by atoms with Crippen LogP contribution in [0.25, 0.3) is 4.98 Å². The summed E-state index contributed by atoms with van der Waals surface area (Å²) < 4.78 is 0. The summed E-state index contributed by atoms with van der Waals surface area (Å²) in [6.07, 6.45) is 0. The highest BCUT2D eigenvalue weighted by molar-refractivity contribution is 5.95. The minimum atomic E-state index is -1.28. The first kappa shape index (κ1) is 9.67. The van der Waals surface area contributed by atoms with E-state index in [1.807, 2.05) is 0 Å². The van der Waals surface area contributed by atoms with Crippen LogP contribution in [0.15, 0.2) is 18.2 Å². The van der Waals surface area contributed by atoms with Gasteiger partial charge in [-0.25, -0.2) is 9.59 Å². The van der Waals surface area contributed by atoms with Crippen LogP contribution in [0.2, 0.25) is 0 Å². The smallest absolute Gasteiger partial charge is 0.386 e. The van der Waals surface area contributed by atoms with E-state index in [-0.39, 0.29) is 16.8 Å². The Morgan fingerprint density at radius 2 is 1.50 bits per heavy atom. The number of rotatable bonds is 2. The molecule has 0 saturated carbocycles. The molecule has 6 nitrogen and oxygen atoms in total. The van der Waals surface area contributed by atoms with Gasteiger partial charge in [0.1, 0.15) is 0 Å². The number of carboxylic acid groups (broad SMARTS) is 2. The zero-order valence-corrected chi connectivity index (χ0v) is 6.84. The number of diazo groups is 1. The van der Waals surface area contributed by atoms with Crippen LogP contribution in [-0.4, -0.2) is 22.2 Å². The van der Waals surface area contributed by atoms with Gasteiger partial charge in [-0.15, -0.1) is 0 Å². The zero-order chi connectivity index (χ0) is 10.7. The van der Waals surface area contributed by atoms with Gasteiger partial charge < -0.3 is 10.2 Å². The first-order valence-corrected chi connectivity index (χ1v) is 3.51. The van der Waals surface area contributed by atoms with Crippen molar-refractivity contribution in [3.8, 4) is 0 Å². The number of carbonyl (C=O) groups is 2. The number of hydrogen-bond acceptors (Lipinski definition) is 3. The molecule has 0 spiro atoms. The lowest BCUT2D eigenvalue weighted by Gasteiger charge is -1.94. The van der Waals surface area contributed by atoms with Gasteiger partial charge in [0.2, 0.25) is 5.39 Å². The average Bonchev–Trinajstić information content (AvgIpc) is 2.16. The van der Waals surface area contributed by atoms with E-state index in [4.69, 9.17) is 15.6 Å². The van der Waals surface area contributed by atoms with E-state index >= 15 is 0 Å². The van der Waals surface area contributed by atoms with Crippen molar-refractivity contribution in [3.63, 3.8) is 0 Å². The van der Waals surface area contributed by atoms with Gasteiger partial charge in [0, 0.05) is 12.1 Å². The highest BCUT2D eigenvalue weighted by Crippen LogP contribution is 2.17. The molecular weight excluding hydrogens is 188 g/mol. The molecule has 1 aromatic rings. The van der Waals surface area contributed by atoms with Crippen molar-refractivity contribution in [2.24, 2.45) is 0 Å². The molecule has 1 aromatic carbocycles. The van der Waals surface area contributed by atoms with Crippen LogP contribution in [0, 0.1) is 5.39 Å². The lowest BCUT2D eigenvalue weighted by molar-refractivity contribution is 0.0696. The maximum Gasteiger partial charge on any atom is 0.386 e. The zero-order valence-electron chi connectivity index (χ0n) is 6.84. The number of carboxylic acids is 2. The second-order valence-electron chi connectivity index (χ2n) is 2.48. The second kappa shape index (κ2) is 3.53. The minimum Gasteiger partial charge on any atom is -0.478 e. The summed E-state index contributed by atoms with van der Waals surface area (Å²) in [5, 5.41) is 25.6. The van der Waals surface area contributed by atoms with Crippen molar-refractivity contribution < 1.29 is 19.8 Å². The Bertz CT molecular complexity index is 415. The van der Waals surface area contributed by atoms with Crippen molar-refractivity contribution in [2.75, 3.05) is 0 Å². The molecule has 14 heavy (non-hydrogen) atoms. The van der Waals surface area contributed by atoms with Crippen molar-refractivity contribution in [2.45, 2.75) is 0 Å². The standard InChI is InChI=1S/C8H4N2O4/c9-10-6-2-4(7(11)12)1-5(3-6)8(13)14/h1-3H,(H-,11,12,13,14)/p+1. The van der Waals surface area contributed by atoms with Crippen molar-refractivity contribution in [3.05, 3.63) is 34.3 Å². The summed E-state index contributed by atoms with van der Waals surface area (Å²) >= 11 is 0. The van der Waals surface area contributed by atoms with E-state index in [9.17, 15) is 9.59 Å². The van der Waals surface area contributed by atoms with Crippen molar-refractivity contribution in [1.29, 1.82) is 5.39 Å². The average molecular weight is 193 g/mol. The fourth-order valence-electron chi connectivity index (χ4n) is 0.916. The van der Waals surface area contributed by atoms with E-state index in [2.05, 4.69) is 4.98 Å². The molecule has 0 amide bonds. The summed E-state index contributed by atoms with van der Waals surface area (Å²) in [7, 11) is 0. The number of aromatic carboxylic acids is 2. The summed E-state index contributed by atoms with van der Waals surface area (Å²) in [6.45, 7) is 0. The maximum absolute atomic E-state index is 10.5. The van der Waals surface area contributed by atoms with Crippen molar-refractivity contribution >= 4 is 17.6 Å². The molecule has 0 radical (unpaired) electrons. The van der Waals surface area contributed by atoms with Crippen LogP contribution < -0.4 is 0 Å². The van der Waals surface area contributed by atoms with Gasteiger partial charge in [0.25, 0.3) is 0 Å². The molecule has 70 valence electrons. The van der Waals surface area contributed by atoms with Crippen molar-refractivity contribution in [1.82, 2.24) is 0 Å². The minimum absolute atomic E-state index is 0.109. The SMILES string of the molecule is N#[N+]c1cc(C(=O)O)cc(C(=O)O)c1. The van der Waals surface area contributed by atoms with Gasteiger partial charge in [-0.05, 0) is 6.07 Å². The highest BCUT2D eigenvalue weighted by Gasteiger charge is 2.16. The quantitative estimate of drug-likeness (QED) is 0.693. The highest BCUT2D eigenvalue weighted by atomic mass is 16.4. The molecule has 2 N–H and O–H groups in total. The largest absolute Gasteiger partial charge is 0.478 e. The second-order valence-corrected chi connectivity index (χ2v) is 2.48. The Morgan fingerprint density at radius 3 is 1.79 bits per heavy atom. The summed E-state index contributed by atoms with van der Waals surface area (Å²) in [5.74, 6) is -2.56. The molecule has 6 heteroatoms. The first-order chi connectivity index (χ1) is 6.54. The Morgan fingerprint density at radius 1 is 1.07 bits per heavy atom. The molecule has 0 saturated heterocycles. The molecule has 0 atom stereocenters. The third-order valence-corrected chi connectivity index (χ3v) is 1.53. The molecule has 0 aliphatic carbocycles. The maximum atomic E-state index is 10.5. The van der Waals surface area contributed by atoms with Gasteiger partial charge >= 0.3 is 17.6 Å². The van der Waals surface area contributed by atoms with Gasteiger partial charge in [0.15, 0.2) is 4.98 Å². The van der Waals surface area contributed by atoms with E-state index in [1.165, 1.54) is 0 Å². The van der Waals surface area contributed by atoms with Crippen LogP contribution in [0.1, 0.15) is 20.7 Å². The molecule has 0 heterocycles. The van der Waals surface area contributed by atoms with E-state index in [0.29, 0.717) is 0 Å². The summed E-state index contributed by atoms with van der Waals surface area (Å²) in [4.78, 5) is 23.8. The molecule has 0 aliphatic rings. The van der Waals surface area contributed by atoms with Crippen LogP contribution in [0.3, 0.4) is 0 Å². The topological polar surface area (TPSA) is 103 Å². The van der Waals surface area contributed by atoms with E-state index in [0.717, 1.165) is 18.2 Å². The number of benzene rings is 1. The first-order valence-electron chi connectivity index (χ1n) is 3.51. The molecule has 0 bridgehead atoms. The monoisotopic (exact) mass is 193 g/mol. The van der Waals surface area contributed by atoms with Gasteiger partial charge in [-0.1, -0.05) is 0 Å². The lowest BCUT2D eigenvalue weighted by Crippen LogP contribution is -2.01. The van der Waals surface area contributed by atoms with Gasteiger partial charge in [-0.3, -0.25) is 0 Å². The molecule has 0 fully saturated rings. The molecular formula is C8H5N2O4+. The van der Waals surface area contributed by atoms with E-state index in [1.54, 1.807) is 0 Å². The van der Waals surface area contributed by atoms with Gasteiger partial charge in [0.05, 0.1) is 11.1 Å². The molecule has 0 aromatic heterocycles. The van der Waals surface area contributed by atoms with Crippen LogP contribution in [0.5, 0.6) is 0 Å². The fourth-order valence-corrected chi connectivity index (χ4v) is 0.916. The summed E-state index contributed by atoms with van der Waals surface area (Å²) in [6, 6.07) is 3.11. The van der Waals surface area contributed by atoms with Gasteiger partial charge in [-0.2, -0.15) is 0 Å². The molecule has 0 unspecified atom stereocenters. The Balaban J connectivity index is 3.36. The Labute approximate surface area is 78.0 Å². The Hall–Kier alpha value is -2.42. The third kappa shape index (κ3) is 1.84. The van der Waals surface area contributed by atoms with E-state index < -0.39 is 11.9 Å².